The minimum atomic E-state index is -1.20. The molecule has 2 rings (SSSR count). The second kappa shape index (κ2) is 5.95. The number of benzene rings is 1. The monoisotopic (exact) mass is 289 g/mol. The van der Waals surface area contributed by atoms with Crippen molar-refractivity contribution in [3.8, 4) is 11.6 Å². The topological polar surface area (TPSA) is 115 Å². The molecule has 0 aliphatic rings. The molecule has 0 amide bonds. The minimum Gasteiger partial charge on any atom is -0.478 e. The Hall–Kier alpha value is -3.03. The molecule has 108 valence electrons. The van der Waals surface area contributed by atoms with Gasteiger partial charge in [-0.15, -0.1) is 0 Å². The standard InChI is InChI=1S/C13H11N3O5/c1-2-9-6-12(15-7-14-9)21-11-5-8(13(17)18)3-4-10(11)16(19)20/h3-7H,2H2,1H3,(H,17,18). The van der Waals surface area contributed by atoms with Crippen molar-refractivity contribution in [1.29, 1.82) is 0 Å². The number of nitro benzene ring substituents is 1. The van der Waals surface area contributed by atoms with E-state index in [0.717, 1.165) is 18.2 Å². The van der Waals surface area contributed by atoms with E-state index in [1.165, 1.54) is 12.4 Å². The number of aromatic carboxylic acids is 1. The smallest absolute Gasteiger partial charge is 0.335 e. The van der Waals surface area contributed by atoms with Crippen molar-refractivity contribution >= 4 is 11.7 Å². The predicted molar refractivity (Wildman–Crippen MR) is 71.5 cm³/mol. The van der Waals surface area contributed by atoms with Gasteiger partial charge in [-0.2, -0.15) is 0 Å². The molecule has 0 radical (unpaired) electrons. The molecule has 0 unspecified atom stereocenters. The average Bonchev–Trinajstić information content (AvgIpc) is 2.47. The third kappa shape index (κ3) is 3.30. The Labute approximate surface area is 119 Å². The first-order chi connectivity index (χ1) is 10.0. The van der Waals surface area contributed by atoms with E-state index in [1.54, 1.807) is 0 Å². The second-order valence-electron chi connectivity index (χ2n) is 4.05. The van der Waals surface area contributed by atoms with Gasteiger partial charge in [0.2, 0.25) is 11.6 Å². The molecule has 1 aromatic carbocycles. The lowest BCUT2D eigenvalue weighted by atomic mass is 10.2. The van der Waals surface area contributed by atoms with E-state index in [4.69, 9.17) is 9.84 Å². The molecule has 2 aromatic rings. The molecule has 0 saturated heterocycles. The lowest BCUT2D eigenvalue weighted by molar-refractivity contribution is -0.385. The number of aryl methyl sites for hydroxylation is 1. The summed E-state index contributed by atoms with van der Waals surface area (Å²) in [4.78, 5) is 29.1. The first-order valence-electron chi connectivity index (χ1n) is 6.01. The van der Waals surface area contributed by atoms with Crippen LogP contribution in [0.4, 0.5) is 5.69 Å². The van der Waals surface area contributed by atoms with Gasteiger partial charge < -0.3 is 9.84 Å². The van der Waals surface area contributed by atoms with Crippen molar-refractivity contribution in [2.24, 2.45) is 0 Å². The number of hydrogen-bond donors (Lipinski definition) is 1. The summed E-state index contributed by atoms with van der Waals surface area (Å²) in [6, 6.07) is 4.86. The molecule has 21 heavy (non-hydrogen) atoms. The van der Waals surface area contributed by atoms with Crippen molar-refractivity contribution in [2.45, 2.75) is 13.3 Å². The number of carboxylic acids is 1. The summed E-state index contributed by atoms with van der Waals surface area (Å²) >= 11 is 0. The maximum atomic E-state index is 11.0. The number of nitrogens with zero attached hydrogens (tertiary/aromatic N) is 3. The fourth-order valence-electron chi connectivity index (χ4n) is 1.62. The average molecular weight is 289 g/mol. The Morgan fingerprint density at radius 1 is 1.38 bits per heavy atom. The van der Waals surface area contributed by atoms with Crippen molar-refractivity contribution in [3.63, 3.8) is 0 Å². The van der Waals surface area contributed by atoms with Crippen LogP contribution < -0.4 is 4.74 Å². The lowest BCUT2D eigenvalue weighted by Gasteiger charge is -2.07. The molecule has 8 heteroatoms. The molecule has 0 saturated carbocycles. The van der Waals surface area contributed by atoms with Crippen LogP contribution in [0, 0.1) is 10.1 Å². The maximum absolute atomic E-state index is 11.0. The highest BCUT2D eigenvalue weighted by atomic mass is 16.6. The van der Waals surface area contributed by atoms with E-state index in [9.17, 15) is 14.9 Å². The maximum Gasteiger partial charge on any atom is 0.335 e. The zero-order chi connectivity index (χ0) is 15.4. The van der Waals surface area contributed by atoms with Gasteiger partial charge in [0.15, 0.2) is 0 Å². The van der Waals surface area contributed by atoms with Crippen LogP contribution in [0.1, 0.15) is 23.0 Å². The number of rotatable bonds is 5. The van der Waals surface area contributed by atoms with Crippen LogP contribution >= 0.6 is 0 Å². The van der Waals surface area contributed by atoms with Crippen LogP contribution in [0.15, 0.2) is 30.6 Å². The number of carboxylic acid groups (broad SMARTS) is 1. The Morgan fingerprint density at radius 3 is 2.76 bits per heavy atom. The quantitative estimate of drug-likeness (QED) is 0.663. The second-order valence-corrected chi connectivity index (χ2v) is 4.05. The zero-order valence-electron chi connectivity index (χ0n) is 11.0. The fraction of sp³-hybridized carbons (Fsp3) is 0.154. The van der Waals surface area contributed by atoms with Crippen LogP contribution in [-0.2, 0) is 6.42 Å². The number of nitro groups is 1. The summed E-state index contributed by atoms with van der Waals surface area (Å²) in [5.74, 6) is -1.26. The van der Waals surface area contributed by atoms with Gasteiger partial charge in [-0.25, -0.2) is 14.8 Å². The number of aromatic nitrogens is 2. The molecular formula is C13H11N3O5. The van der Waals surface area contributed by atoms with Crippen LogP contribution in [0.25, 0.3) is 0 Å². The van der Waals surface area contributed by atoms with Gasteiger partial charge in [-0.3, -0.25) is 10.1 Å². The summed E-state index contributed by atoms with van der Waals surface area (Å²) in [6.45, 7) is 1.89. The largest absolute Gasteiger partial charge is 0.478 e. The van der Waals surface area contributed by atoms with Crippen molar-refractivity contribution < 1.29 is 19.6 Å². The van der Waals surface area contributed by atoms with Crippen molar-refractivity contribution in [2.75, 3.05) is 0 Å². The highest BCUT2D eigenvalue weighted by Gasteiger charge is 2.19. The van der Waals surface area contributed by atoms with Gasteiger partial charge >= 0.3 is 11.7 Å². The van der Waals surface area contributed by atoms with Crippen molar-refractivity contribution in [1.82, 2.24) is 9.97 Å². The predicted octanol–water partition coefficient (Wildman–Crippen LogP) is 2.44. The minimum absolute atomic E-state index is 0.111. The molecule has 0 fully saturated rings. The van der Waals surface area contributed by atoms with Crippen molar-refractivity contribution in [3.05, 3.63) is 52.0 Å². The lowest BCUT2D eigenvalue weighted by Crippen LogP contribution is -2.00. The summed E-state index contributed by atoms with van der Waals surface area (Å²) in [7, 11) is 0. The zero-order valence-corrected chi connectivity index (χ0v) is 11.0. The normalized spacial score (nSPS) is 10.1. The van der Waals surface area contributed by atoms with Crippen LogP contribution in [0.5, 0.6) is 11.6 Å². The van der Waals surface area contributed by atoms with E-state index in [1.807, 2.05) is 6.92 Å². The molecule has 0 bridgehead atoms. The third-order valence-electron chi connectivity index (χ3n) is 2.68. The first-order valence-corrected chi connectivity index (χ1v) is 6.01. The number of hydrogen-bond acceptors (Lipinski definition) is 6. The molecule has 0 atom stereocenters. The van der Waals surface area contributed by atoms with E-state index < -0.39 is 10.9 Å². The molecule has 0 aliphatic carbocycles. The SMILES string of the molecule is CCc1cc(Oc2cc(C(=O)O)ccc2[N+](=O)[O-])ncn1. The van der Waals surface area contributed by atoms with E-state index in [2.05, 4.69) is 9.97 Å². The molecule has 1 aromatic heterocycles. The first kappa shape index (κ1) is 14.4. The van der Waals surface area contributed by atoms with Gasteiger partial charge in [-0.1, -0.05) is 6.92 Å². The van der Waals surface area contributed by atoms with Crippen LogP contribution in [0.2, 0.25) is 0 Å². The van der Waals surface area contributed by atoms with Gasteiger partial charge in [0.05, 0.1) is 10.5 Å². The van der Waals surface area contributed by atoms with Crippen LogP contribution in [0.3, 0.4) is 0 Å². The Bertz CT molecular complexity index is 702. The fourth-order valence-corrected chi connectivity index (χ4v) is 1.62. The summed E-state index contributed by atoms with van der Waals surface area (Å²) in [5, 5.41) is 19.9. The Morgan fingerprint density at radius 2 is 2.14 bits per heavy atom. The van der Waals surface area contributed by atoms with Gasteiger partial charge in [0, 0.05) is 23.9 Å². The molecule has 1 heterocycles. The van der Waals surface area contributed by atoms with Gasteiger partial charge in [0.1, 0.15) is 6.33 Å². The van der Waals surface area contributed by atoms with E-state index in [-0.39, 0.29) is 22.9 Å². The highest BCUT2D eigenvalue weighted by molar-refractivity contribution is 5.88. The van der Waals surface area contributed by atoms with Gasteiger partial charge in [-0.05, 0) is 12.5 Å². The molecule has 8 nitrogen and oxygen atoms in total. The molecule has 0 spiro atoms. The molecular weight excluding hydrogens is 278 g/mol. The summed E-state index contributed by atoms with van der Waals surface area (Å²) < 4.78 is 5.35. The third-order valence-corrected chi connectivity index (χ3v) is 2.68. The highest BCUT2D eigenvalue weighted by Crippen LogP contribution is 2.31. The number of ether oxygens (including phenoxy) is 1. The van der Waals surface area contributed by atoms with E-state index in [0.29, 0.717) is 12.1 Å². The van der Waals surface area contributed by atoms with E-state index >= 15 is 0 Å². The summed E-state index contributed by atoms with van der Waals surface area (Å²) in [6.07, 6.45) is 1.93. The Balaban J connectivity index is 2.42. The molecule has 1 N–H and O–H groups in total. The molecule has 0 aliphatic heterocycles. The summed E-state index contributed by atoms with van der Waals surface area (Å²) in [5.41, 5.74) is 0.258. The number of carbonyl (C=O) groups is 1. The Kier molecular flexibility index (Phi) is 4.07. The van der Waals surface area contributed by atoms with Gasteiger partial charge in [0.25, 0.3) is 0 Å². The van der Waals surface area contributed by atoms with Crippen LogP contribution in [-0.4, -0.2) is 26.0 Å².